The van der Waals surface area contributed by atoms with Gasteiger partial charge in [0.2, 0.25) is 0 Å². The second-order valence-corrected chi connectivity index (χ2v) is 2.85. The first-order valence-electron chi connectivity index (χ1n) is 4.06. The highest BCUT2D eigenvalue weighted by atomic mass is 14.1. The standard InChI is InChI=1S/C12H10/c1-2-10-7-5-8-11-6-3-4-9-12(10)11/h3-7,9H,1,8H2. The van der Waals surface area contributed by atoms with Crippen LogP contribution in [0.5, 0.6) is 0 Å². The van der Waals surface area contributed by atoms with Crippen molar-refractivity contribution in [1.82, 2.24) is 0 Å². The minimum atomic E-state index is 1.03. The quantitative estimate of drug-likeness (QED) is 0.504. The summed E-state index contributed by atoms with van der Waals surface area (Å²) in [4.78, 5) is 0. The van der Waals surface area contributed by atoms with Crippen molar-refractivity contribution in [3.05, 3.63) is 59.9 Å². The van der Waals surface area contributed by atoms with Crippen LogP contribution in [0.3, 0.4) is 0 Å². The van der Waals surface area contributed by atoms with E-state index in [9.17, 15) is 0 Å². The Bertz CT molecular complexity index is 377. The van der Waals surface area contributed by atoms with Crippen LogP contribution >= 0.6 is 0 Å². The van der Waals surface area contributed by atoms with Gasteiger partial charge in [0.1, 0.15) is 0 Å². The smallest absolute Gasteiger partial charge is 0.0230 e. The molecule has 1 aliphatic carbocycles. The SMILES string of the molecule is C=C=C1C=CCc2ccccc21. The van der Waals surface area contributed by atoms with Crippen molar-refractivity contribution in [2.45, 2.75) is 6.42 Å². The van der Waals surface area contributed by atoms with Gasteiger partial charge >= 0.3 is 0 Å². The summed E-state index contributed by atoms with van der Waals surface area (Å²) in [6, 6.07) is 8.39. The molecule has 1 aliphatic rings. The molecule has 0 atom stereocenters. The molecule has 0 spiro atoms. The van der Waals surface area contributed by atoms with Gasteiger partial charge < -0.3 is 0 Å². The summed E-state index contributed by atoms with van der Waals surface area (Å²) >= 11 is 0. The van der Waals surface area contributed by atoms with Crippen molar-refractivity contribution in [2.24, 2.45) is 0 Å². The summed E-state index contributed by atoms with van der Waals surface area (Å²) in [7, 11) is 0. The van der Waals surface area contributed by atoms with Crippen LogP contribution in [0, 0.1) is 0 Å². The molecule has 0 saturated heterocycles. The van der Waals surface area contributed by atoms with Gasteiger partial charge in [0, 0.05) is 5.57 Å². The van der Waals surface area contributed by atoms with E-state index in [1.165, 1.54) is 11.1 Å². The van der Waals surface area contributed by atoms with E-state index in [2.05, 4.69) is 48.7 Å². The van der Waals surface area contributed by atoms with Gasteiger partial charge in [-0.1, -0.05) is 43.0 Å². The number of rotatable bonds is 0. The average molecular weight is 154 g/mol. The summed E-state index contributed by atoms with van der Waals surface area (Å²) in [5, 5.41) is 0. The zero-order chi connectivity index (χ0) is 8.39. The Kier molecular flexibility index (Phi) is 1.69. The van der Waals surface area contributed by atoms with Crippen LogP contribution in [-0.2, 0) is 6.42 Å². The lowest BCUT2D eigenvalue weighted by Crippen LogP contribution is -1.94. The first-order chi connectivity index (χ1) is 5.92. The van der Waals surface area contributed by atoms with Crippen LogP contribution in [0.1, 0.15) is 11.1 Å². The largest absolute Gasteiger partial charge is 0.120 e. The van der Waals surface area contributed by atoms with Gasteiger partial charge in [0.25, 0.3) is 0 Å². The van der Waals surface area contributed by atoms with E-state index >= 15 is 0 Å². The lowest BCUT2D eigenvalue weighted by molar-refractivity contribution is 1.23. The Morgan fingerprint density at radius 1 is 1.25 bits per heavy atom. The molecule has 0 nitrogen and oxygen atoms in total. The fourth-order valence-electron chi connectivity index (χ4n) is 1.51. The third kappa shape index (κ3) is 1.03. The molecule has 0 radical (unpaired) electrons. The summed E-state index contributed by atoms with van der Waals surface area (Å²) in [6.45, 7) is 3.67. The maximum atomic E-state index is 3.67. The number of hydrogen-bond acceptors (Lipinski definition) is 0. The molecule has 0 heterocycles. The van der Waals surface area contributed by atoms with Crippen LogP contribution in [0.25, 0.3) is 5.57 Å². The highest BCUT2D eigenvalue weighted by Crippen LogP contribution is 2.24. The maximum Gasteiger partial charge on any atom is 0.0230 e. The molecule has 0 saturated carbocycles. The Morgan fingerprint density at radius 2 is 2.08 bits per heavy atom. The summed E-state index contributed by atoms with van der Waals surface area (Å²) in [5.74, 6) is 0. The van der Waals surface area contributed by atoms with Gasteiger partial charge in [-0.3, -0.25) is 0 Å². The van der Waals surface area contributed by atoms with Crippen molar-refractivity contribution >= 4 is 5.57 Å². The van der Waals surface area contributed by atoms with E-state index in [1.54, 1.807) is 0 Å². The number of allylic oxidation sites excluding steroid dienone is 3. The molecule has 0 bridgehead atoms. The summed E-state index contributed by atoms with van der Waals surface area (Å²) in [5.41, 5.74) is 6.69. The third-order valence-electron chi connectivity index (χ3n) is 2.12. The molecule has 2 rings (SSSR count). The number of benzene rings is 1. The van der Waals surface area contributed by atoms with Crippen molar-refractivity contribution in [2.75, 3.05) is 0 Å². The molecular weight excluding hydrogens is 144 g/mol. The van der Waals surface area contributed by atoms with E-state index in [-0.39, 0.29) is 0 Å². The highest BCUT2D eigenvalue weighted by Gasteiger charge is 2.06. The predicted octanol–water partition coefficient (Wildman–Crippen LogP) is 2.97. The molecule has 0 heteroatoms. The van der Waals surface area contributed by atoms with E-state index < -0.39 is 0 Å². The lowest BCUT2D eigenvalue weighted by atomic mass is 9.93. The minimum absolute atomic E-state index is 1.03. The topological polar surface area (TPSA) is 0 Å². The second kappa shape index (κ2) is 2.84. The van der Waals surface area contributed by atoms with Crippen molar-refractivity contribution < 1.29 is 0 Å². The first-order valence-corrected chi connectivity index (χ1v) is 4.06. The molecular formula is C12H10. The Morgan fingerprint density at radius 3 is 2.92 bits per heavy atom. The van der Waals surface area contributed by atoms with Gasteiger partial charge in [-0.25, -0.2) is 0 Å². The molecule has 0 aliphatic heterocycles. The fraction of sp³-hybridized carbons (Fsp3) is 0.0833. The number of fused-ring (bicyclic) bond motifs is 1. The Balaban J connectivity index is 2.65. The second-order valence-electron chi connectivity index (χ2n) is 2.85. The monoisotopic (exact) mass is 154 g/mol. The van der Waals surface area contributed by atoms with E-state index in [1.807, 2.05) is 0 Å². The van der Waals surface area contributed by atoms with Gasteiger partial charge in [0.15, 0.2) is 0 Å². The van der Waals surface area contributed by atoms with E-state index in [0.717, 1.165) is 12.0 Å². The molecule has 12 heavy (non-hydrogen) atoms. The van der Waals surface area contributed by atoms with Gasteiger partial charge in [-0.2, -0.15) is 0 Å². The fourth-order valence-corrected chi connectivity index (χ4v) is 1.51. The van der Waals surface area contributed by atoms with Gasteiger partial charge in [-0.05, 0) is 17.5 Å². The highest BCUT2D eigenvalue weighted by molar-refractivity contribution is 5.77. The third-order valence-corrected chi connectivity index (χ3v) is 2.12. The molecule has 0 aromatic heterocycles. The molecule has 0 fully saturated rings. The number of hydrogen-bond donors (Lipinski definition) is 0. The van der Waals surface area contributed by atoms with Crippen molar-refractivity contribution in [3.63, 3.8) is 0 Å². The zero-order valence-corrected chi connectivity index (χ0v) is 6.88. The van der Waals surface area contributed by atoms with E-state index in [4.69, 9.17) is 0 Å². The van der Waals surface area contributed by atoms with Crippen LogP contribution in [0.4, 0.5) is 0 Å². The summed E-state index contributed by atoms with van der Waals surface area (Å²) in [6.07, 6.45) is 5.26. The molecule has 0 amide bonds. The predicted molar refractivity (Wildman–Crippen MR) is 51.8 cm³/mol. The van der Waals surface area contributed by atoms with Gasteiger partial charge in [-0.15, -0.1) is 5.73 Å². The van der Waals surface area contributed by atoms with Crippen LogP contribution in [0.2, 0.25) is 0 Å². The Labute approximate surface area is 72.5 Å². The van der Waals surface area contributed by atoms with Crippen LogP contribution in [0.15, 0.2) is 48.7 Å². The van der Waals surface area contributed by atoms with Gasteiger partial charge in [0.05, 0.1) is 0 Å². The minimum Gasteiger partial charge on any atom is -0.120 e. The molecule has 58 valence electrons. The van der Waals surface area contributed by atoms with Crippen LogP contribution in [-0.4, -0.2) is 0 Å². The zero-order valence-electron chi connectivity index (χ0n) is 6.88. The first kappa shape index (κ1) is 7.15. The normalized spacial score (nSPS) is 13.8. The average Bonchev–Trinajstić information content (AvgIpc) is 2.17. The molecule has 0 N–H and O–H groups in total. The van der Waals surface area contributed by atoms with E-state index in [0.29, 0.717) is 0 Å². The lowest BCUT2D eigenvalue weighted by Gasteiger charge is -2.11. The van der Waals surface area contributed by atoms with Crippen molar-refractivity contribution in [1.29, 1.82) is 0 Å². The molecule has 1 aromatic rings. The van der Waals surface area contributed by atoms with Crippen molar-refractivity contribution in [3.8, 4) is 0 Å². The van der Waals surface area contributed by atoms with Crippen LogP contribution < -0.4 is 0 Å². The summed E-state index contributed by atoms with van der Waals surface area (Å²) < 4.78 is 0. The Hall–Kier alpha value is -1.52. The molecule has 0 unspecified atom stereocenters. The molecule has 1 aromatic carbocycles. The maximum absolute atomic E-state index is 3.67.